The Bertz CT molecular complexity index is 651. The molecule has 1 saturated heterocycles. The number of hydrogen-bond acceptors (Lipinski definition) is 5. The predicted molar refractivity (Wildman–Crippen MR) is 105 cm³/mol. The third kappa shape index (κ3) is 5.04. The van der Waals surface area contributed by atoms with E-state index >= 15 is 0 Å². The number of hydrazine groups is 1. The second-order valence-electron chi connectivity index (χ2n) is 7.20. The van der Waals surface area contributed by atoms with E-state index in [1.165, 1.54) is 5.56 Å². The first kappa shape index (κ1) is 18.8. The lowest BCUT2D eigenvalue weighted by atomic mass is 9.93. The van der Waals surface area contributed by atoms with Gasteiger partial charge in [-0.15, -0.1) is 0 Å². The van der Waals surface area contributed by atoms with E-state index in [-0.39, 0.29) is 0 Å². The van der Waals surface area contributed by atoms with Crippen molar-refractivity contribution in [3.63, 3.8) is 0 Å². The maximum absolute atomic E-state index is 5.27. The third-order valence-electron chi connectivity index (χ3n) is 5.28. The van der Waals surface area contributed by atoms with E-state index in [1.54, 1.807) is 7.11 Å². The molecule has 1 aromatic heterocycles. The van der Waals surface area contributed by atoms with E-state index in [2.05, 4.69) is 58.8 Å². The summed E-state index contributed by atoms with van der Waals surface area (Å²) in [6.45, 7) is 7.34. The number of pyridine rings is 1. The number of nitrogens with zero attached hydrogens (tertiary/aromatic N) is 2. The van der Waals surface area contributed by atoms with Crippen LogP contribution < -0.4 is 15.6 Å². The first-order valence-corrected chi connectivity index (χ1v) is 9.42. The van der Waals surface area contributed by atoms with Crippen molar-refractivity contribution in [1.82, 2.24) is 20.7 Å². The Balaban J connectivity index is 1.66. The second kappa shape index (κ2) is 9.12. The molecule has 2 aromatic rings. The van der Waals surface area contributed by atoms with E-state index < -0.39 is 0 Å². The van der Waals surface area contributed by atoms with Gasteiger partial charge in [-0.1, -0.05) is 18.2 Å². The Morgan fingerprint density at radius 2 is 1.73 bits per heavy atom. The zero-order chi connectivity index (χ0) is 18.4. The molecular weight excluding hydrogens is 324 g/mol. The molecule has 0 aliphatic carbocycles. The smallest absolute Gasteiger partial charge is 0.118 e. The van der Waals surface area contributed by atoms with E-state index in [0.29, 0.717) is 18.0 Å². The van der Waals surface area contributed by atoms with Gasteiger partial charge in [-0.25, -0.2) is 0 Å². The number of hydrogen-bond donors (Lipinski definition) is 2. The zero-order valence-electron chi connectivity index (χ0n) is 16.0. The van der Waals surface area contributed by atoms with Gasteiger partial charge in [0, 0.05) is 31.4 Å². The second-order valence-corrected chi connectivity index (χ2v) is 7.20. The molecule has 0 bridgehead atoms. The number of benzene rings is 1. The summed E-state index contributed by atoms with van der Waals surface area (Å²) in [5.74, 6) is 1.54. The lowest BCUT2D eigenvalue weighted by Crippen LogP contribution is -2.31. The molecule has 2 heterocycles. The van der Waals surface area contributed by atoms with Gasteiger partial charge in [0.1, 0.15) is 5.75 Å². The summed E-state index contributed by atoms with van der Waals surface area (Å²) in [7, 11) is 1.70. The van der Waals surface area contributed by atoms with E-state index in [4.69, 9.17) is 4.74 Å². The van der Waals surface area contributed by atoms with Crippen molar-refractivity contribution in [2.75, 3.05) is 13.7 Å². The van der Waals surface area contributed by atoms with Crippen LogP contribution in [0, 0.1) is 5.92 Å². The normalized spacial score (nSPS) is 22.7. The number of ether oxygens (including phenoxy) is 1. The molecule has 1 aromatic carbocycles. The largest absolute Gasteiger partial charge is 0.497 e. The standard InChI is InChI=1S/C21H30N4O/c1-16-21(17(2)24-23-16)11-13-25(15-19-6-4-5-12-22-19)14-18-7-9-20(26-3)10-8-18/h4-10,12,16-17,21,23-24H,11,13-15H2,1-3H3. The van der Waals surface area contributed by atoms with E-state index in [9.17, 15) is 0 Å². The first-order valence-electron chi connectivity index (χ1n) is 9.42. The Labute approximate surface area is 156 Å². The van der Waals surface area contributed by atoms with Crippen molar-refractivity contribution in [1.29, 1.82) is 0 Å². The fourth-order valence-corrected chi connectivity index (χ4v) is 3.67. The van der Waals surface area contributed by atoms with Crippen molar-refractivity contribution >= 4 is 0 Å². The molecule has 140 valence electrons. The molecule has 0 saturated carbocycles. The molecule has 1 aliphatic heterocycles. The minimum absolute atomic E-state index is 0.502. The third-order valence-corrected chi connectivity index (χ3v) is 5.28. The lowest BCUT2D eigenvalue weighted by molar-refractivity contribution is 0.225. The molecule has 2 unspecified atom stereocenters. The van der Waals surface area contributed by atoms with Gasteiger partial charge in [-0.3, -0.25) is 20.7 Å². The minimum Gasteiger partial charge on any atom is -0.497 e. The summed E-state index contributed by atoms with van der Waals surface area (Å²) in [6, 6.07) is 15.5. The summed E-state index contributed by atoms with van der Waals surface area (Å²) in [4.78, 5) is 7.00. The van der Waals surface area contributed by atoms with Crippen molar-refractivity contribution in [2.45, 2.75) is 45.4 Å². The molecule has 0 radical (unpaired) electrons. The lowest BCUT2D eigenvalue weighted by Gasteiger charge is -2.26. The molecule has 26 heavy (non-hydrogen) atoms. The van der Waals surface area contributed by atoms with Crippen molar-refractivity contribution in [3.8, 4) is 5.75 Å². The number of nitrogens with one attached hydrogen (secondary N) is 2. The maximum Gasteiger partial charge on any atom is 0.118 e. The van der Waals surface area contributed by atoms with Crippen LogP contribution in [-0.4, -0.2) is 35.6 Å². The van der Waals surface area contributed by atoms with E-state index in [1.807, 2.05) is 24.4 Å². The summed E-state index contributed by atoms with van der Waals surface area (Å²) in [6.07, 6.45) is 3.03. The number of rotatable bonds is 8. The van der Waals surface area contributed by atoms with Crippen LogP contribution in [0.3, 0.4) is 0 Å². The van der Waals surface area contributed by atoms with Gasteiger partial charge in [-0.2, -0.15) is 0 Å². The average molecular weight is 354 g/mol. The molecule has 2 atom stereocenters. The fraction of sp³-hybridized carbons (Fsp3) is 0.476. The molecule has 3 rings (SSSR count). The summed E-state index contributed by atoms with van der Waals surface area (Å²) >= 11 is 0. The Morgan fingerprint density at radius 1 is 1.00 bits per heavy atom. The predicted octanol–water partition coefficient (Wildman–Crippen LogP) is 2.98. The molecular formula is C21H30N4O. The van der Waals surface area contributed by atoms with E-state index in [0.717, 1.165) is 37.5 Å². The van der Waals surface area contributed by atoms with Crippen molar-refractivity contribution in [2.24, 2.45) is 5.92 Å². The van der Waals surface area contributed by atoms with Gasteiger partial charge in [0.15, 0.2) is 0 Å². The van der Waals surface area contributed by atoms with Crippen LogP contribution in [-0.2, 0) is 13.1 Å². The molecule has 0 spiro atoms. The van der Waals surface area contributed by atoms with Gasteiger partial charge >= 0.3 is 0 Å². The van der Waals surface area contributed by atoms with Gasteiger partial charge in [0.05, 0.1) is 12.8 Å². The number of methoxy groups -OCH3 is 1. The summed E-state index contributed by atoms with van der Waals surface area (Å²) in [5, 5.41) is 0. The zero-order valence-corrected chi connectivity index (χ0v) is 16.0. The maximum atomic E-state index is 5.27. The SMILES string of the molecule is COc1ccc(CN(CCC2C(C)NNC2C)Cc2ccccn2)cc1. The van der Waals surface area contributed by atoms with Gasteiger partial charge < -0.3 is 4.74 Å². The Morgan fingerprint density at radius 3 is 2.35 bits per heavy atom. The van der Waals surface area contributed by atoms with Crippen molar-refractivity contribution in [3.05, 3.63) is 59.9 Å². The van der Waals surface area contributed by atoms with Crippen LogP contribution in [0.5, 0.6) is 5.75 Å². The molecule has 1 fully saturated rings. The Kier molecular flexibility index (Phi) is 6.61. The molecule has 5 heteroatoms. The first-order chi connectivity index (χ1) is 12.7. The highest BCUT2D eigenvalue weighted by Gasteiger charge is 2.29. The molecule has 2 N–H and O–H groups in total. The Hall–Kier alpha value is -1.95. The van der Waals surface area contributed by atoms with Crippen molar-refractivity contribution < 1.29 is 4.74 Å². The van der Waals surface area contributed by atoms with Crippen LogP contribution in [0.1, 0.15) is 31.5 Å². The molecule has 1 aliphatic rings. The highest BCUT2D eigenvalue weighted by atomic mass is 16.5. The van der Waals surface area contributed by atoms with Crippen LogP contribution in [0.4, 0.5) is 0 Å². The van der Waals surface area contributed by atoms with Crippen LogP contribution >= 0.6 is 0 Å². The summed E-state index contributed by atoms with van der Waals surface area (Å²) < 4.78 is 5.27. The number of aromatic nitrogens is 1. The topological polar surface area (TPSA) is 49.4 Å². The van der Waals surface area contributed by atoms with Crippen LogP contribution in [0.25, 0.3) is 0 Å². The monoisotopic (exact) mass is 354 g/mol. The quantitative estimate of drug-likeness (QED) is 0.763. The van der Waals surface area contributed by atoms with Gasteiger partial charge in [0.25, 0.3) is 0 Å². The highest BCUT2D eigenvalue weighted by molar-refractivity contribution is 5.27. The minimum atomic E-state index is 0.502. The van der Waals surface area contributed by atoms with Gasteiger partial charge in [0.2, 0.25) is 0 Å². The van der Waals surface area contributed by atoms with Crippen LogP contribution in [0.2, 0.25) is 0 Å². The molecule has 5 nitrogen and oxygen atoms in total. The highest BCUT2D eigenvalue weighted by Crippen LogP contribution is 2.21. The summed E-state index contributed by atoms with van der Waals surface area (Å²) in [5.41, 5.74) is 9.13. The van der Waals surface area contributed by atoms with Crippen LogP contribution in [0.15, 0.2) is 48.7 Å². The average Bonchev–Trinajstić information content (AvgIpc) is 2.99. The van der Waals surface area contributed by atoms with Gasteiger partial charge in [-0.05, 0) is 62.6 Å². The molecule has 0 amide bonds. The fourth-order valence-electron chi connectivity index (χ4n) is 3.67.